The summed E-state index contributed by atoms with van der Waals surface area (Å²) in [5, 5.41) is 19.6. The summed E-state index contributed by atoms with van der Waals surface area (Å²) in [6, 6.07) is -1.39. The molecule has 0 saturated carbocycles. The molecular formula is C9H18N2O4. The summed E-state index contributed by atoms with van der Waals surface area (Å²) in [5.41, 5.74) is 5.50. The minimum absolute atomic E-state index is 0.00720. The average Bonchev–Trinajstić information content (AvgIpc) is 2.15. The molecule has 3 atom stereocenters. The largest absolute Gasteiger partial charge is 0.480 e. The van der Waals surface area contributed by atoms with Crippen molar-refractivity contribution >= 4 is 11.9 Å². The number of carbonyl (C=O) groups excluding carboxylic acids is 1. The number of amides is 1. The maximum Gasteiger partial charge on any atom is 0.326 e. The molecule has 0 aliphatic rings. The molecule has 5 N–H and O–H groups in total. The molecule has 0 saturated heterocycles. The number of hydrogen-bond donors (Lipinski definition) is 4. The van der Waals surface area contributed by atoms with Crippen molar-refractivity contribution in [3.63, 3.8) is 0 Å². The Balaban J connectivity index is 4.28. The molecule has 0 aromatic carbocycles. The van der Waals surface area contributed by atoms with Gasteiger partial charge in [0.15, 0.2) is 0 Å². The van der Waals surface area contributed by atoms with E-state index in [9.17, 15) is 9.59 Å². The van der Waals surface area contributed by atoms with E-state index in [1.807, 2.05) is 0 Å². The third-order valence-electron chi connectivity index (χ3n) is 2.23. The molecule has 0 aliphatic heterocycles. The first kappa shape index (κ1) is 13.9. The van der Waals surface area contributed by atoms with Crippen LogP contribution in [0.5, 0.6) is 0 Å². The first-order valence-corrected chi connectivity index (χ1v) is 4.79. The predicted molar refractivity (Wildman–Crippen MR) is 54.1 cm³/mol. The van der Waals surface area contributed by atoms with Crippen molar-refractivity contribution in [3.8, 4) is 0 Å². The molecule has 2 unspecified atom stereocenters. The maximum atomic E-state index is 11.4. The number of aliphatic hydroxyl groups excluding tert-OH is 1. The van der Waals surface area contributed by atoms with E-state index in [4.69, 9.17) is 15.9 Å². The highest BCUT2D eigenvalue weighted by Crippen LogP contribution is 2.01. The van der Waals surface area contributed by atoms with Crippen molar-refractivity contribution in [2.24, 2.45) is 11.7 Å². The Bertz CT molecular complexity index is 230. The highest BCUT2D eigenvalue weighted by Gasteiger charge is 2.23. The lowest BCUT2D eigenvalue weighted by Crippen LogP contribution is -2.46. The van der Waals surface area contributed by atoms with Gasteiger partial charge in [0.1, 0.15) is 6.04 Å². The minimum Gasteiger partial charge on any atom is -0.480 e. The predicted octanol–water partition coefficient (Wildman–Crippen LogP) is -1.08. The Morgan fingerprint density at radius 2 is 1.93 bits per heavy atom. The number of hydrogen-bond acceptors (Lipinski definition) is 4. The molecule has 0 rings (SSSR count). The van der Waals surface area contributed by atoms with Crippen molar-refractivity contribution in [2.45, 2.75) is 32.4 Å². The Morgan fingerprint density at radius 3 is 2.27 bits per heavy atom. The van der Waals surface area contributed by atoms with Crippen LogP contribution in [0.3, 0.4) is 0 Å². The Labute approximate surface area is 88.5 Å². The summed E-state index contributed by atoms with van der Waals surface area (Å²) in [6.45, 7) is 3.01. The lowest BCUT2D eigenvalue weighted by Gasteiger charge is -2.19. The van der Waals surface area contributed by atoms with Gasteiger partial charge >= 0.3 is 5.97 Å². The molecule has 0 aromatic heterocycles. The van der Waals surface area contributed by atoms with Crippen molar-refractivity contribution in [1.29, 1.82) is 0 Å². The second-order valence-corrected chi connectivity index (χ2v) is 3.56. The number of carboxylic acid groups (broad SMARTS) is 1. The molecular weight excluding hydrogens is 200 g/mol. The van der Waals surface area contributed by atoms with E-state index in [0.29, 0.717) is 0 Å². The molecule has 0 aliphatic carbocycles. The number of aliphatic carboxylic acids is 1. The molecule has 0 spiro atoms. The highest BCUT2D eigenvalue weighted by molar-refractivity contribution is 5.85. The maximum absolute atomic E-state index is 11.4. The Morgan fingerprint density at radius 1 is 1.40 bits per heavy atom. The quantitative estimate of drug-likeness (QED) is 0.453. The summed E-state index contributed by atoms with van der Waals surface area (Å²) < 4.78 is 0. The molecule has 1 amide bonds. The standard InChI is InChI=1S/C9H18N2O4/c1-5(6(2)10)8(13)11-7(3-4-12)9(14)15/h5-7,12H,3-4,10H2,1-2H3,(H,11,13)(H,14,15)/t5?,6?,7-/m1/s1. The number of aliphatic hydroxyl groups is 1. The zero-order valence-corrected chi connectivity index (χ0v) is 8.93. The van der Waals surface area contributed by atoms with Crippen molar-refractivity contribution < 1.29 is 19.8 Å². The van der Waals surface area contributed by atoms with Gasteiger partial charge in [-0.2, -0.15) is 0 Å². The highest BCUT2D eigenvalue weighted by atomic mass is 16.4. The monoisotopic (exact) mass is 218 g/mol. The first-order chi connectivity index (χ1) is 6.90. The summed E-state index contributed by atoms with van der Waals surface area (Å²) in [4.78, 5) is 22.1. The minimum atomic E-state index is -1.16. The van der Waals surface area contributed by atoms with Gasteiger partial charge in [-0.25, -0.2) is 4.79 Å². The van der Waals surface area contributed by atoms with E-state index < -0.39 is 23.8 Å². The number of nitrogens with two attached hydrogens (primary N) is 1. The van der Waals surface area contributed by atoms with Crippen LogP contribution in [0.2, 0.25) is 0 Å². The van der Waals surface area contributed by atoms with Crippen LogP contribution in [0, 0.1) is 5.92 Å². The van der Waals surface area contributed by atoms with Crippen LogP contribution in [0.15, 0.2) is 0 Å². The molecule has 15 heavy (non-hydrogen) atoms. The smallest absolute Gasteiger partial charge is 0.326 e. The molecule has 0 aromatic rings. The van der Waals surface area contributed by atoms with E-state index in [1.54, 1.807) is 13.8 Å². The van der Waals surface area contributed by atoms with Gasteiger partial charge in [-0.1, -0.05) is 6.92 Å². The zero-order chi connectivity index (χ0) is 12.0. The van der Waals surface area contributed by atoms with Gasteiger partial charge in [0.05, 0.1) is 0 Å². The first-order valence-electron chi connectivity index (χ1n) is 4.79. The zero-order valence-electron chi connectivity index (χ0n) is 8.93. The van der Waals surface area contributed by atoms with Crippen molar-refractivity contribution in [2.75, 3.05) is 6.61 Å². The van der Waals surface area contributed by atoms with E-state index in [0.717, 1.165) is 0 Å². The number of carbonyl (C=O) groups is 2. The summed E-state index contributed by atoms with van der Waals surface area (Å²) in [7, 11) is 0. The van der Waals surface area contributed by atoms with E-state index in [2.05, 4.69) is 5.32 Å². The van der Waals surface area contributed by atoms with Crippen molar-refractivity contribution in [3.05, 3.63) is 0 Å². The van der Waals surface area contributed by atoms with Gasteiger partial charge in [0.25, 0.3) is 0 Å². The van der Waals surface area contributed by atoms with Crippen molar-refractivity contribution in [1.82, 2.24) is 5.32 Å². The molecule has 0 radical (unpaired) electrons. The van der Waals surface area contributed by atoms with Gasteiger partial charge in [0.2, 0.25) is 5.91 Å². The van der Waals surface area contributed by atoms with E-state index in [1.165, 1.54) is 0 Å². The summed E-state index contributed by atoms with van der Waals surface area (Å²) >= 11 is 0. The number of nitrogens with one attached hydrogen (secondary N) is 1. The number of carboxylic acids is 1. The fourth-order valence-electron chi connectivity index (χ4n) is 0.928. The fraction of sp³-hybridized carbons (Fsp3) is 0.778. The van der Waals surface area contributed by atoms with Gasteiger partial charge in [-0.15, -0.1) is 0 Å². The Hall–Kier alpha value is -1.14. The van der Waals surface area contributed by atoms with Crippen LogP contribution >= 0.6 is 0 Å². The second kappa shape index (κ2) is 6.36. The fourth-order valence-corrected chi connectivity index (χ4v) is 0.928. The summed E-state index contributed by atoms with van der Waals surface area (Å²) in [5.74, 6) is -2.02. The van der Waals surface area contributed by atoms with Gasteiger partial charge in [0, 0.05) is 25.0 Å². The summed E-state index contributed by atoms with van der Waals surface area (Å²) in [6.07, 6.45) is -0.00720. The molecule has 88 valence electrons. The second-order valence-electron chi connectivity index (χ2n) is 3.56. The van der Waals surface area contributed by atoms with Gasteiger partial charge < -0.3 is 21.3 Å². The Kier molecular flexibility index (Phi) is 5.88. The number of rotatable bonds is 6. The van der Waals surface area contributed by atoms with Crippen LogP contribution < -0.4 is 11.1 Å². The lowest BCUT2D eigenvalue weighted by atomic mass is 10.0. The van der Waals surface area contributed by atoms with E-state index >= 15 is 0 Å². The van der Waals surface area contributed by atoms with Crippen LogP contribution in [-0.2, 0) is 9.59 Å². The van der Waals surface area contributed by atoms with Crippen LogP contribution in [0.1, 0.15) is 20.3 Å². The molecule has 0 heterocycles. The van der Waals surface area contributed by atoms with Gasteiger partial charge in [-0.05, 0) is 6.92 Å². The topological polar surface area (TPSA) is 113 Å². The third-order valence-corrected chi connectivity index (χ3v) is 2.23. The normalized spacial score (nSPS) is 16.5. The SMILES string of the molecule is CC(N)C(C)C(=O)N[C@H](CCO)C(=O)O. The molecule has 0 bridgehead atoms. The van der Waals surface area contributed by atoms with E-state index in [-0.39, 0.29) is 19.1 Å². The van der Waals surface area contributed by atoms with Gasteiger partial charge in [-0.3, -0.25) is 4.79 Å². The third kappa shape index (κ3) is 4.75. The molecule has 6 heteroatoms. The lowest BCUT2D eigenvalue weighted by molar-refractivity contribution is -0.142. The van der Waals surface area contributed by atoms with Crippen LogP contribution in [0.25, 0.3) is 0 Å². The molecule has 6 nitrogen and oxygen atoms in total. The van der Waals surface area contributed by atoms with Crippen LogP contribution in [0.4, 0.5) is 0 Å². The average molecular weight is 218 g/mol. The molecule has 0 fully saturated rings. The van der Waals surface area contributed by atoms with Crippen LogP contribution in [-0.4, -0.2) is 40.8 Å².